The van der Waals surface area contributed by atoms with E-state index in [-0.39, 0.29) is 17.5 Å². The number of nitro groups is 1. The average Bonchev–Trinajstić information content (AvgIpc) is 2.68. The van der Waals surface area contributed by atoms with Gasteiger partial charge in [-0.3, -0.25) is 10.1 Å². The Morgan fingerprint density at radius 2 is 2.07 bits per heavy atom. The van der Waals surface area contributed by atoms with Crippen molar-refractivity contribution in [3.05, 3.63) is 40.7 Å². The molecule has 0 saturated carbocycles. The molecule has 0 radical (unpaired) electrons. The van der Waals surface area contributed by atoms with Crippen LogP contribution in [0.3, 0.4) is 0 Å². The minimum Gasteiger partial charge on any atom is -0.497 e. The molecule has 144 valence electrons. The van der Waals surface area contributed by atoms with Crippen LogP contribution in [0.25, 0.3) is 0 Å². The molecule has 3 rings (SSSR count). The van der Waals surface area contributed by atoms with Crippen molar-refractivity contribution in [3.8, 4) is 5.75 Å². The van der Waals surface area contributed by atoms with E-state index in [2.05, 4.69) is 27.2 Å². The first-order chi connectivity index (χ1) is 13.0. The van der Waals surface area contributed by atoms with Crippen LogP contribution in [0, 0.1) is 10.1 Å². The molecular formula is C18H24N6O3. The number of rotatable bonds is 6. The predicted molar refractivity (Wildman–Crippen MR) is 104 cm³/mol. The molecule has 0 bridgehead atoms. The van der Waals surface area contributed by atoms with Crippen LogP contribution in [0.1, 0.15) is 12.8 Å². The highest BCUT2D eigenvalue weighted by molar-refractivity contribution is 5.74. The van der Waals surface area contributed by atoms with Crippen LogP contribution in [0.2, 0.25) is 0 Å². The van der Waals surface area contributed by atoms with Gasteiger partial charge in [-0.25, -0.2) is 9.97 Å². The van der Waals surface area contributed by atoms with Gasteiger partial charge >= 0.3 is 5.69 Å². The Bertz CT molecular complexity index is 807. The number of nitrogens with zero attached hydrogens (tertiary/aromatic N) is 5. The summed E-state index contributed by atoms with van der Waals surface area (Å²) in [6.07, 6.45) is 3.23. The number of nitrogens with one attached hydrogen (secondary N) is 1. The Hall–Kier alpha value is -2.94. The van der Waals surface area contributed by atoms with Gasteiger partial charge in [0.2, 0.25) is 11.6 Å². The van der Waals surface area contributed by atoms with Gasteiger partial charge in [-0.15, -0.1) is 0 Å². The summed E-state index contributed by atoms with van der Waals surface area (Å²) < 4.78 is 5.20. The molecule has 1 aromatic heterocycles. The molecule has 1 aliphatic heterocycles. The van der Waals surface area contributed by atoms with Gasteiger partial charge in [-0.1, -0.05) is 6.07 Å². The summed E-state index contributed by atoms with van der Waals surface area (Å²) in [4.78, 5) is 23.9. The quantitative estimate of drug-likeness (QED) is 0.611. The van der Waals surface area contributed by atoms with Gasteiger partial charge in [0.1, 0.15) is 12.1 Å². The van der Waals surface area contributed by atoms with Crippen LogP contribution in [0.5, 0.6) is 5.75 Å². The Balaban J connectivity index is 1.91. The van der Waals surface area contributed by atoms with Crippen molar-refractivity contribution in [1.82, 2.24) is 14.9 Å². The summed E-state index contributed by atoms with van der Waals surface area (Å²) in [5, 5.41) is 14.8. The lowest BCUT2D eigenvalue weighted by Crippen LogP contribution is -2.42. The molecule has 0 aliphatic carbocycles. The number of likely N-dealkylation sites (tertiary alicyclic amines) is 1. The number of aromatic nitrogens is 2. The van der Waals surface area contributed by atoms with Gasteiger partial charge in [0, 0.05) is 24.8 Å². The SMILES string of the molecule is COc1cccc(Nc2ncnc(N(C)C3CCN(C)CC3)c2[N+](=O)[O-])c1. The van der Waals surface area contributed by atoms with E-state index in [9.17, 15) is 10.1 Å². The molecule has 2 heterocycles. The Labute approximate surface area is 158 Å². The minimum absolute atomic E-state index is 0.123. The van der Waals surface area contributed by atoms with Crippen molar-refractivity contribution in [2.75, 3.05) is 44.5 Å². The zero-order valence-corrected chi connectivity index (χ0v) is 15.8. The highest BCUT2D eigenvalue weighted by Crippen LogP contribution is 2.35. The lowest BCUT2D eigenvalue weighted by molar-refractivity contribution is -0.383. The van der Waals surface area contributed by atoms with Crippen molar-refractivity contribution >= 4 is 23.0 Å². The third-order valence-electron chi connectivity index (χ3n) is 4.89. The minimum atomic E-state index is -0.427. The summed E-state index contributed by atoms with van der Waals surface area (Å²) in [6.45, 7) is 1.92. The van der Waals surface area contributed by atoms with Crippen molar-refractivity contribution in [2.24, 2.45) is 0 Å². The smallest absolute Gasteiger partial charge is 0.353 e. The van der Waals surface area contributed by atoms with Crippen LogP contribution in [-0.2, 0) is 0 Å². The fourth-order valence-electron chi connectivity index (χ4n) is 3.28. The maximum atomic E-state index is 11.8. The molecule has 0 unspecified atom stereocenters. The molecule has 0 atom stereocenters. The average molecular weight is 372 g/mol. The fraction of sp³-hybridized carbons (Fsp3) is 0.444. The zero-order valence-electron chi connectivity index (χ0n) is 15.8. The standard InChI is InChI=1S/C18H24N6O3/c1-22-9-7-14(8-10-22)23(2)18-16(24(25)26)17(19-12-20-18)21-13-5-4-6-15(11-13)27-3/h4-6,11-12,14H,7-10H2,1-3H3,(H,19,20,21). The first-order valence-electron chi connectivity index (χ1n) is 8.81. The molecule has 9 nitrogen and oxygen atoms in total. The zero-order chi connectivity index (χ0) is 19.4. The second kappa shape index (κ2) is 8.17. The first kappa shape index (κ1) is 18.8. The summed E-state index contributed by atoms with van der Waals surface area (Å²) in [7, 11) is 5.51. The lowest BCUT2D eigenvalue weighted by atomic mass is 10.0. The van der Waals surface area contributed by atoms with E-state index >= 15 is 0 Å². The Kier molecular flexibility index (Phi) is 5.70. The highest BCUT2D eigenvalue weighted by atomic mass is 16.6. The van der Waals surface area contributed by atoms with Crippen LogP contribution in [-0.4, -0.2) is 60.1 Å². The molecule has 27 heavy (non-hydrogen) atoms. The third kappa shape index (κ3) is 4.25. The van der Waals surface area contributed by atoms with Crippen molar-refractivity contribution < 1.29 is 9.66 Å². The first-order valence-corrected chi connectivity index (χ1v) is 8.81. The largest absolute Gasteiger partial charge is 0.497 e. The molecule has 1 saturated heterocycles. The molecule has 9 heteroatoms. The number of hydrogen-bond donors (Lipinski definition) is 1. The van der Waals surface area contributed by atoms with E-state index in [0.29, 0.717) is 17.3 Å². The number of methoxy groups -OCH3 is 1. The fourth-order valence-corrected chi connectivity index (χ4v) is 3.28. The summed E-state index contributed by atoms with van der Waals surface area (Å²) in [5.41, 5.74) is 0.533. The molecule has 1 fully saturated rings. The molecular weight excluding hydrogens is 348 g/mol. The number of ether oxygens (including phenoxy) is 1. The van der Waals surface area contributed by atoms with Crippen molar-refractivity contribution in [1.29, 1.82) is 0 Å². The van der Waals surface area contributed by atoms with Gasteiger partial charge in [-0.2, -0.15) is 0 Å². The normalized spacial score (nSPS) is 15.4. The second-order valence-corrected chi connectivity index (χ2v) is 6.65. The number of piperidine rings is 1. The maximum Gasteiger partial charge on any atom is 0.353 e. The summed E-state index contributed by atoms with van der Waals surface area (Å²) >= 11 is 0. The van der Waals surface area contributed by atoms with E-state index in [4.69, 9.17) is 4.74 Å². The molecule has 1 aliphatic rings. The summed E-state index contributed by atoms with van der Waals surface area (Å²) in [6, 6.07) is 7.37. The Morgan fingerprint density at radius 1 is 1.33 bits per heavy atom. The highest BCUT2D eigenvalue weighted by Gasteiger charge is 2.30. The third-order valence-corrected chi connectivity index (χ3v) is 4.89. The van der Waals surface area contributed by atoms with Crippen LogP contribution in [0.15, 0.2) is 30.6 Å². The molecule has 0 amide bonds. The lowest BCUT2D eigenvalue weighted by Gasteiger charge is -2.35. The topological polar surface area (TPSA) is 96.7 Å². The molecule has 0 spiro atoms. The van der Waals surface area contributed by atoms with Gasteiger partial charge in [0.05, 0.1) is 12.0 Å². The van der Waals surface area contributed by atoms with Crippen LogP contribution < -0.4 is 15.0 Å². The van der Waals surface area contributed by atoms with Gasteiger partial charge in [0.15, 0.2) is 0 Å². The van der Waals surface area contributed by atoms with E-state index in [0.717, 1.165) is 25.9 Å². The number of hydrogen-bond acceptors (Lipinski definition) is 8. The number of anilines is 3. The van der Waals surface area contributed by atoms with Gasteiger partial charge < -0.3 is 19.9 Å². The number of benzene rings is 1. The van der Waals surface area contributed by atoms with Gasteiger partial charge in [0.25, 0.3) is 0 Å². The van der Waals surface area contributed by atoms with E-state index in [1.54, 1.807) is 31.4 Å². The van der Waals surface area contributed by atoms with E-state index < -0.39 is 4.92 Å². The maximum absolute atomic E-state index is 11.8. The van der Waals surface area contributed by atoms with Crippen molar-refractivity contribution in [3.63, 3.8) is 0 Å². The molecule has 1 N–H and O–H groups in total. The van der Waals surface area contributed by atoms with Gasteiger partial charge in [-0.05, 0) is 45.1 Å². The van der Waals surface area contributed by atoms with E-state index in [1.807, 2.05) is 11.9 Å². The summed E-state index contributed by atoms with van der Waals surface area (Å²) in [5.74, 6) is 1.15. The van der Waals surface area contributed by atoms with Crippen LogP contribution >= 0.6 is 0 Å². The monoisotopic (exact) mass is 372 g/mol. The second-order valence-electron chi connectivity index (χ2n) is 6.65. The molecule has 1 aromatic carbocycles. The van der Waals surface area contributed by atoms with E-state index in [1.165, 1.54) is 6.33 Å². The Morgan fingerprint density at radius 3 is 2.74 bits per heavy atom. The van der Waals surface area contributed by atoms with Crippen LogP contribution in [0.4, 0.5) is 23.0 Å². The predicted octanol–water partition coefficient (Wildman–Crippen LogP) is 2.67. The van der Waals surface area contributed by atoms with Crippen molar-refractivity contribution in [2.45, 2.75) is 18.9 Å². The molecule has 2 aromatic rings.